The largest absolute Gasteiger partial charge is 0.462 e. The Balaban J connectivity index is 4.50. The summed E-state index contributed by atoms with van der Waals surface area (Å²) >= 11 is 0. The molecule has 0 aromatic heterocycles. The molecule has 0 heterocycles. The average molecular weight is 1000 g/mol. The van der Waals surface area contributed by atoms with E-state index in [0.717, 1.165) is 89.9 Å². The molecule has 6 nitrogen and oxygen atoms in total. The van der Waals surface area contributed by atoms with Gasteiger partial charge in [0.2, 0.25) is 0 Å². The fourth-order valence-electron chi connectivity index (χ4n) is 8.32. The van der Waals surface area contributed by atoms with Gasteiger partial charge in [-0.1, -0.05) is 272 Å². The molecule has 6 heteroatoms. The Hall–Kier alpha value is -3.67. The maximum atomic E-state index is 12.9. The number of ether oxygens (including phenoxy) is 3. The van der Waals surface area contributed by atoms with E-state index in [9.17, 15) is 14.4 Å². The summed E-state index contributed by atoms with van der Waals surface area (Å²) in [6.45, 7) is 6.46. The highest BCUT2D eigenvalue weighted by Gasteiger charge is 2.19. The molecular formula is C66H112O6. The molecule has 1 atom stereocenters. The smallest absolute Gasteiger partial charge is 0.306 e. The standard InChI is InChI=1S/C66H112O6/c1-4-7-10-13-16-19-22-25-28-31-33-36-38-41-44-47-50-53-56-59-65(68)71-62-63(61-70-64(67)58-55-52-49-46-43-40-37-34-30-27-24-21-18-15-12-9-6-3)72-66(69)60-57-54-51-48-45-42-39-35-32-29-26-23-20-17-14-11-8-5-2/h7,10,16,19-20,23,25,28-29,32-33,36,41,44,50,53,63H,4-6,8-9,11-15,17-18,21-22,24,26-27,30-31,34-35,37-40,42-43,45-49,51-52,54-62H2,1-3H3/b10-7-,19-16-,23-20-,28-25-,32-29-,36-33-,44-41-,53-50-. The normalized spacial score (nSPS) is 12.8. The molecule has 0 aliphatic heterocycles. The van der Waals surface area contributed by atoms with E-state index in [1.54, 1.807) is 0 Å². The van der Waals surface area contributed by atoms with Crippen LogP contribution in [0.2, 0.25) is 0 Å². The van der Waals surface area contributed by atoms with E-state index in [2.05, 4.69) is 112 Å². The second-order valence-electron chi connectivity index (χ2n) is 19.9. The molecule has 72 heavy (non-hydrogen) atoms. The van der Waals surface area contributed by atoms with Crippen molar-refractivity contribution in [1.29, 1.82) is 0 Å². The van der Waals surface area contributed by atoms with Gasteiger partial charge in [0, 0.05) is 19.3 Å². The highest BCUT2D eigenvalue weighted by atomic mass is 16.6. The summed E-state index contributed by atoms with van der Waals surface area (Å²) in [6.07, 6.45) is 79.8. The molecule has 0 aromatic carbocycles. The summed E-state index contributed by atoms with van der Waals surface area (Å²) in [4.78, 5) is 38.2. The zero-order valence-electron chi connectivity index (χ0n) is 47.2. The number of rotatable bonds is 54. The third-order valence-electron chi connectivity index (χ3n) is 12.8. The molecule has 0 radical (unpaired) electrons. The van der Waals surface area contributed by atoms with Gasteiger partial charge in [0.05, 0.1) is 0 Å². The lowest BCUT2D eigenvalue weighted by Gasteiger charge is -2.18. The average Bonchev–Trinajstić information content (AvgIpc) is 3.38. The first-order chi connectivity index (χ1) is 35.5. The molecule has 0 rings (SSSR count). The summed E-state index contributed by atoms with van der Waals surface area (Å²) < 4.78 is 16.8. The van der Waals surface area contributed by atoms with Crippen LogP contribution >= 0.6 is 0 Å². The Morgan fingerprint density at radius 3 is 0.944 bits per heavy atom. The summed E-state index contributed by atoms with van der Waals surface area (Å²) in [6, 6.07) is 0. The minimum atomic E-state index is -0.813. The molecular weight excluding hydrogens is 889 g/mol. The van der Waals surface area contributed by atoms with Crippen molar-refractivity contribution in [2.75, 3.05) is 13.2 Å². The Labute approximate surface area is 445 Å². The molecule has 0 aliphatic rings. The van der Waals surface area contributed by atoms with E-state index in [1.807, 2.05) is 6.08 Å². The summed E-state index contributed by atoms with van der Waals surface area (Å²) in [5, 5.41) is 0. The van der Waals surface area contributed by atoms with Crippen LogP contribution in [0.15, 0.2) is 97.2 Å². The number of hydrogen-bond acceptors (Lipinski definition) is 6. The maximum absolute atomic E-state index is 12.9. The molecule has 1 unspecified atom stereocenters. The lowest BCUT2D eigenvalue weighted by atomic mass is 10.0. The number of allylic oxidation sites excluding steroid dienone is 16. The minimum absolute atomic E-state index is 0.102. The van der Waals surface area contributed by atoms with Gasteiger partial charge in [-0.3, -0.25) is 14.4 Å². The van der Waals surface area contributed by atoms with Crippen LogP contribution in [0.25, 0.3) is 0 Å². The zero-order valence-corrected chi connectivity index (χ0v) is 47.2. The van der Waals surface area contributed by atoms with E-state index in [1.165, 1.54) is 148 Å². The van der Waals surface area contributed by atoms with Gasteiger partial charge in [-0.05, 0) is 89.9 Å². The summed E-state index contributed by atoms with van der Waals surface area (Å²) in [7, 11) is 0. The first kappa shape index (κ1) is 68.3. The van der Waals surface area contributed by atoms with Crippen molar-refractivity contribution in [3.63, 3.8) is 0 Å². The summed E-state index contributed by atoms with van der Waals surface area (Å²) in [5.41, 5.74) is 0. The van der Waals surface area contributed by atoms with Gasteiger partial charge < -0.3 is 14.2 Å². The first-order valence-corrected chi connectivity index (χ1v) is 30.2. The number of esters is 3. The van der Waals surface area contributed by atoms with Gasteiger partial charge in [-0.25, -0.2) is 0 Å². The molecule has 0 bridgehead atoms. The van der Waals surface area contributed by atoms with Gasteiger partial charge in [-0.2, -0.15) is 0 Å². The van der Waals surface area contributed by atoms with E-state index in [-0.39, 0.29) is 37.5 Å². The minimum Gasteiger partial charge on any atom is -0.462 e. The second-order valence-corrected chi connectivity index (χ2v) is 19.9. The SMILES string of the molecule is CC/C=C\C/C=C\C/C=C\C/C=C\C/C=C\C/C=C\CCC(=O)OCC(COC(=O)CCCCCCCCCCCCCCCCCCC)OC(=O)CCCCCCCCC/C=C\C/C=C\CCCCCC. The molecule has 0 amide bonds. The Morgan fingerprint density at radius 1 is 0.292 bits per heavy atom. The maximum Gasteiger partial charge on any atom is 0.306 e. The van der Waals surface area contributed by atoms with Crippen LogP contribution in [-0.2, 0) is 28.6 Å². The lowest BCUT2D eigenvalue weighted by molar-refractivity contribution is -0.166. The summed E-state index contributed by atoms with van der Waals surface area (Å²) in [5.74, 6) is -0.990. The van der Waals surface area contributed by atoms with Gasteiger partial charge in [0.15, 0.2) is 6.10 Å². The Morgan fingerprint density at radius 2 is 0.569 bits per heavy atom. The van der Waals surface area contributed by atoms with Gasteiger partial charge in [0.25, 0.3) is 0 Å². The third kappa shape index (κ3) is 57.2. The van der Waals surface area contributed by atoms with Crippen LogP contribution in [0.3, 0.4) is 0 Å². The number of carbonyl (C=O) groups excluding carboxylic acids is 3. The fourth-order valence-corrected chi connectivity index (χ4v) is 8.32. The van der Waals surface area contributed by atoms with Gasteiger partial charge in [0.1, 0.15) is 13.2 Å². The van der Waals surface area contributed by atoms with Crippen LogP contribution in [0.1, 0.15) is 284 Å². The van der Waals surface area contributed by atoms with Crippen LogP contribution in [-0.4, -0.2) is 37.2 Å². The van der Waals surface area contributed by atoms with Crippen LogP contribution in [0, 0.1) is 0 Å². The number of unbranched alkanes of at least 4 members (excludes halogenated alkanes) is 27. The molecule has 0 saturated carbocycles. The van der Waals surface area contributed by atoms with Crippen molar-refractivity contribution < 1.29 is 28.6 Å². The molecule has 0 fully saturated rings. The molecule has 0 aliphatic carbocycles. The fraction of sp³-hybridized carbons (Fsp3) is 0.712. The van der Waals surface area contributed by atoms with Crippen molar-refractivity contribution in [2.45, 2.75) is 290 Å². The van der Waals surface area contributed by atoms with Crippen molar-refractivity contribution in [1.82, 2.24) is 0 Å². The molecule has 0 saturated heterocycles. The Kier molecular flexibility index (Phi) is 56.8. The van der Waals surface area contributed by atoms with Crippen LogP contribution < -0.4 is 0 Å². The van der Waals surface area contributed by atoms with Crippen LogP contribution in [0.5, 0.6) is 0 Å². The number of hydrogen-bond donors (Lipinski definition) is 0. The van der Waals surface area contributed by atoms with Crippen molar-refractivity contribution >= 4 is 17.9 Å². The van der Waals surface area contributed by atoms with Crippen molar-refractivity contribution in [2.24, 2.45) is 0 Å². The highest BCUT2D eigenvalue weighted by molar-refractivity contribution is 5.71. The number of carbonyl (C=O) groups is 3. The predicted molar refractivity (Wildman–Crippen MR) is 311 cm³/mol. The van der Waals surface area contributed by atoms with E-state index >= 15 is 0 Å². The molecule has 0 spiro atoms. The quantitative estimate of drug-likeness (QED) is 0.0261. The topological polar surface area (TPSA) is 78.9 Å². The monoisotopic (exact) mass is 1000 g/mol. The second kappa shape index (κ2) is 59.9. The Bertz CT molecular complexity index is 1430. The van der Waals surface area contributed by atoms with Gasteiger partial charge >= 0.3 is 17.9 Å². The van der Waals surface area contributed by atoms with Crippen molar-refractivity contribution in [3.8, 4) is 0 Å². The zero-order chi connectivity index (χ0) is 52.2. The van der Waals surface area contributed by atoms with E-state index < -0.39 is 6.10 Å². The third-order valence-corrected chi connectivity index (χ3v) is 12.8. The first-order valence-electron chi connectivity index (χ1n) is 30.2. The molecule has 412 valence electrons. The van der Waals surface area contributed by atoms with Crippen molar-refractivity contribution in [3.05, 3.63) is 97.2 Å². The predicted octanol–water partition coefficient (Wildman–Crippen LogP) is 20.5. The van der Waals surface area contributed by atoms with Gasteiger partial charge in [-0.15, -0.1) is 0 Å². The molecule has 0 aromatic rings. The van der Waals surface area contributed by atoms with E-state index in [0.29, 0.717) is 19.3 Å². The lowest BCUT2D eigenvalue weighted by Crippen LogP contribution is -2.30. The highest BCUT2D eigenvalue weighted by Crippen LogP contribution is 2.16. The van der Waals surface area contributed by atoms with Crippen LogP contribution in [0.4, 0.5) is 0 Å². The van der Waals surface area contributed by atoms with E-state index in [4.69, 9.17) is 14.2 Å². The molecule has 0 N–H and O–H groups in total.